The van der Waals surface area contributed by atoms with Gasteiger partial charge in [-0.25, -0.2) is 10.4 Å². The van der Waals surface area contributed by atoms with Crippen LogP contribution < -0.4 is 34.5 Å². The molecule has 4 aromatic carbocycles. The van der Waals surface area contributed by atoms with Gasteiger partial charge in [0, 0.05) is 36.0 Å². The molecule has 49 heavy (non-hydrogen) atoms. The van der Waals surface area contributed by atoms with Crippen molar-refractivity contribution in [2.24, 2.45) is 4.99 Å². The first-order valence-corrected chi connectivity index (χ1v) is 16.4. The Morgan fingerprint density at radius 2 is 1.59 bits per heavy atom. The summed E-state index contributed by atoms with van der Waals surface area (Å²) in [5.41, 5.74) is 7.63. The first-order chi connectivity index (χ1) is 23.8. The molecule has 0 saturated heterocycles. The van der Waals surface area contributed by atoms with Crippen LogP contribution in [0.2, 0.25) is 0 Å². The van der Waals surface area contributed by atoms with Gasteiger partial charge < -0.3 is 33.5 Å². The molecule has 0 saturated carbocycles. The zero-order valence-electron chi connectivity index (χ0n) is 27.8. The van der Waals surface area contributed by atoms with E-state index in [1.165, 1.54) is 0 Å². The van der Waals surface area contributed by atoms with Crippen LogP contribution in [0.1, 0.15) is 34.8 Å². The number of halogens is 1. The van der Waals surface area contributed by atoms with Crippen LogP contribution in [0.4, 0.5) is 0 Å². The summed E-state index contributed by atoms with van der Waals surface area (Å²) in [5, 5.41) is 9.10. The maximum atomic E-state index is 14.6. The van der Waals surface area contributed by atoms with Crippen molar-refractivity contribution >= 4 is 27.7 Å². The van der Waals surface area contributed by atoms with Crippen LogP contribution in [0.25, 0.3) is 0 Å². The number of aliphatic hydroxyl groups is 1. The number of aliphatic hydroxyl groups excluding tert-OH is 1. The van der Waals surface area contributed by atoms with Gasteiger partial charge in [0.25, 0.3) is 5.91 Å². The number of nitrogens with one attached hydrogen (secondary N) is 2. The molecule has 0 fully saturated rings. The number of carbonyl (C=O) groups excluding carboxylic acids is 1. The highest BCUT2D eigenvalue weighted by molar-refractivity contribution is 9.10. The van der Waals surface area contributed by atoms with Crippen molar-refractivity contribution in [3.05, 3.63) is 112 Å². The number of ether oxygens (including phenoxy) is 6. The van der Waals surface area contributed by atoms with Gasteiger partial charge in [-0.05, 0) is 77.4 Å². The lowest BCUT2D eigenvalue weighted by Gasteiger charge is -2.31. The Kier molecular flexibility index (Phi) is 12.0. The third-order valence-electron chi connectivity index (χ3n) is 8.03. The van der Waals surface area contributed by atoms with Crippen molar-refractivity contribution in [3.8, 4) is 28.7 Å². The highest BCUT2D eigenvalue weighted by Gasteiger charge is 2.53. The number of carbonyl (C=O) groups is 1. The van der Waals surface area contributed by atoms with Gasteiger partial charge in [0.2, 0.25) is 11.6 Å². The van der Waals surface area contributed by atoms with Gasteiger partial charge in [0.05, 0.1) is 35.0 Å². The Hall–Kier alpha value is -4.78. The van der Waals surface area contributed by atoms with E-state index < -0.39 is 17.6 Å². The summed E-state index contributed by atoms with van der Waals surface area (Å²) in [7, 11) is 6.24. The lowest BCUT2D eigenvalue weighted by molar-refractivity contribution is -0.130. The van der Waals surface area contributed by atoms with E-state index >= 15 is 0 Å². The number of amides is 1. The quantitative estimate of drug-likeness (QED) is 0.100. The molecule has 0 radical (unpaired) electrons. The largest absolute Gasteiger partial charge is 0.497 e. The molecule has 12 heteroatoms. The van der Waals surface area contributed by atoms with E-state index in [9.17, 15) is 4.79 Å². The molecule has 1 aliphatic heterocycles. The standard InChI is InChI=1S/C37H40BrN3O8/c1-44-30-8-5-7-27(21-30)34-37(22-24-9-13-28(38)14-10-24,40-35(49-34)26-11-15-29(16-12-26)48-18-6-17-42)36(43)41-39-23-25-19-31(45-2)33(47-4)32(20-25)46-3/h5,7-16,19-21,34,39,42H,6,17-18,22-23H2,1-4H3,(H,41,43)/t34-,37-/m0/s1. The highest BCUT2D eigenvalue weighted by atomic mass is 79.9. The number of methoxy groups -OCH3 is 4. The Balaban J connectivity index is 1.52. The fraction of sp³-hybridized carbons (Fsp3) is 0.297. The molecule has 258 valence electrons. The van der Waals surface area contributed by atoms with Gasteiger partial charge in [-0.1, -0.05) is 40.2 Å². The minimum atomic E-state index is -1.44. The Bertz CT molecular complexity index is 1720. The summed E-state index contributed by atoms with van der Waals surface area (Å²) < 4.78 is 35.3. The maximum Gasteiger partial charge on any atom is 0.266 e. The molecule has 4 aromatic rings. The molecular weight excluding hydrogens is 694 g/mol. The summed E-state index contributed by atoms with van der Waals surface area (Å²) in [6.45, 7) is 0.689. The molecule has 0 spiro atoms. The second-order valence-corrected chi connectivity index (χ2v) is 12.1. The molecule has 2 atom stereocenters. The SMILES string of the molecule is COc1cccc([C@@H]2OC(c3ccc(OCCCO)cc3)=N[C@]2(Cc2ccc(Br)cc2)C(=O)NNCc2cc(OC)c(OC)c(OC)c2)c1. The van der Waals surface area contributed by atoms with Gasteiger partial charge in [0.1, 0.15) is 11.5 Å². The summed E-state index contributed by atoms with van der Waals surface area (Å²) in [4.78, 5) is 19.7. The fourth-order valence-electron chi connectivity index (χ4n) is 5.57. The number of aliphatic imine (C=N–C) groups is 1. The van der Waals surface area contributed by atoms with Crippen molar-refractivity contribution in [3.63, 3.8) is 0 Å². The predicted octanol–water partition coefficient (Wildman–Crippen LogP) is 5.57. The zero-order chi connectivity index (χ0) is 34.8. The molecule has 1 aliphatic rings. The number of benzene rings is 4. The monoisotopic (exact) mass is 733 g/mol. The van der Waals surface area contributed by atoms with Crippen molar-refractivity contribution in [1.82, 2.24) is 10.9 Å². The summed E-state index contributed by atoms with van der Waals surface area (Å²) in [6.07, 6.45) is -0.0584. The first kappa shape index (κ1) is 35.5. The van der Waals surface area contributed by atoms with Crippen molar-refractivity contribution in [2.45, 2.75) is 31.0 Å². The Morgan fingerprint density at radius 1 is 0.878 bits per heavy atom. The smallest absolute Gasteiger partial charge is 0.266 e. The van der Waals surface area contributed by atoms with Crippen LogP contribution in [0, 0.1) is 0 Å². The second kappa shape index (κ2) is 16.6. The topological polar surface area (TPSA) is 129 Å². The molecular formula is C37H40BrN3O8. The lowest BCUT2D eigenvalue weighted by Crippen LogP contribution is -2.53. The van der Waals surface area contributed by atoms with Crippen LogP contribution in [-0.4, -0.2) is 64.1 Å². The molecule has 0 bridgehead atoms. The summed E-state index contributed by atoms with van der Waals surface area (Å²) in [5.74, 6) is 2.66. The van der Waals surface area contributed by atoms with Gasteiger partial charge >= 0.3 is 0 Å². The number of hydrogen-bond acceptors (Lipinski definition) is 10. The van der Waals surface area contributed by atoms with E-state index in [0.717, 1.165) is 21.2 Å². The molecule has 0 unspecified atom stereocenters. The number of hydrazine groups is 1. The molecule has 5 rings (SSSR count). The third kappa shape index (κ3) is 8.27. The summed E-state index contributed by atoms with van der Waals surface area (Å²) in [6, 6.07) is 26.1. The number of nitrogens with zero attached hydrogens (tertiary/aromatic N) is 1. The van der Waals surface area contributed by atoms with Crippen LogP contribution in [0.5, 0.6) is 28.7 Å². The van der Waals surface area contributed by atoms with E-state index in [2.05, 4.69) is 26.8 Å². The highest BCUT2D eigenvalue weighted by Crippen LogP contribution is 2.43. The average Bonchev–Trinajstić information content (AvgIpc) is 3.52. The van der Waals surface area contributed by atoms with E-state index in [1.54, 1.807) is 28.4 Å². The van der Waals surface area contributed by atoms with E-state index in [4.69, 9.17) is 38.5 Å². The molecule has 0 aromatic heterocycles. The Labute approximate surface area is 294 Å². The summed E-state index contributed by atoms with van der Waals surface area (Å²) >= 11 is 3.51. The van der Waals surface area contributed by atoms with Crippen LogP contribution in [0.15, 0.2) is 94.4 Å². The maximum absolute atomic E-state index is 14.6. The first-order valence-electron chi connectivity index (χ1n) is 15.6. The van der Waals surface area contributed by atoms with Crippen LogP contribution in [0.3, 0.4) is 0 Å². The van der Waals surface area contributed by atoms with E-state index in [-0.39, 0.29) is 19.6 Å². The molecule has 0 aliphatic carbocycles. The van der Waals surface area contributed by atoms with Gasteiger partial charge in [0.15, 0.2) is 23.1 Å². The number of hydrogen-bond donors (Lipinski definition) is 3. The molecule has 1 amide bonds. The average molecular weight is 735 g/mol. The third-order valence-corrected chi connectivity index (χ3v) is 8.56. The minimum Gasteiger partial charge on any atom is -0.497 e. The van der Waals surface area contributed by atoms with Crippen molar-refractivity contribution in [2.75, 3.05) is 41.7 Å². The molecule has 1 heterocycles. The number of rotatable bonds is 16. The van der Waals surface area contributed by atoms with Gasteiger partial charge in [-0.2, -0.15) is 0 Å². The molecule has 11 nitrogen and oxygen atoms in total. The van der Waals surface area contributed by atoms with Crippen LogP contribution in [-0.2, 0) is 22.5 Å². The zero-order valence-corrected chi connectivity index (χ0v) is 29.4. The van der Waals surface area contributed by atoms with E-state index in [0.29, 0.717) is 53.2 Å². The van der Waals surface area contributed by atoms with E-state index in [1.807, 2.05) is 84.9 Å². The van der Waals surface area contributed by atoms with Gasteiger partial charge in [-0.3, -0.25) is 10.2 Å². The predicted molar refractivity (Wildman–Crippen MR) is 189 cm³/mol. The van der Waals surface area contributed by atoms with Crippen molar-refractivity contribution < 1.29 is 38.3 Å². The molecule has 3 N–H and O–H groups in total. The van der Waals surface area contributed by atoms with Crippen LogP contribution >= 0.6 is 15.9 Å². The minimum absolute atomic E-state index is 0.0498. The Morgan fingerprint density at radius 3 is 2.22 bits per heavy atom. The lowest BCUT2D eigenvalue weighted by atomic mass is 9.82. The van der Waals surface area contributed by atoms with Gasteiger partial charge in [-0.15, -0.1) is 0 Å². The van der Waals surface area contributed by atoms with Crippen molar-refractivity contribution in [1.29, 1.82) is 0 Å². The fourth-order valence-corrected chi connectivity index (χ4v) is 5.84. The second-order valence-electron chi connectivity index (χ2n) is 11.2. The normalized spacial score (nSPS) is 16.7.